The number of anilines is 1. The van der Waals surface area contributed by atoms with Crippen molar-refractivity contribution >= 4 is 35.8 Å². The van der Waals surface area contributed by atoms with Gasteiger partial charge in [-0.3, -0.25) is 0 Å². The molecule has 29 heavy (non-hydrogen) atoms. The second-order valence-corrected chi connectivity index (χ2v) is 7.72. The molecule has 0 bridgehead atoms. The quantitative estimate of drug-likeness (QED) is 0.341. The number of aromatic nitrogens is 1. The van der Waals surface area contributed by atoms with Crippen molar-refractivity contribution in [3.8, 4) is 0 Å². The average molecular weight is 516 g/mol. The van der Waals surface area contributed by atoms with Gasteiger partial charge in [0.15, 0.2) is 5.96 Å². The fourth-order valence-electron chi connectivity index (χ4n) is 3.86. The summed E-state index contributed by atoms with van der Waals surface area (Å²) in [6, 6.07) is 4.27. The molecule has 0 spiro atoms. The van der Waals surface area contributed by atoms with Crippen LogP contribution in [0.25, 0.3) is 0 Å². The molecule has 8 heteroatoms. The van der Waals surface area contributed by atoms with Crippen LogP contribution >= 0.6 is 24.0 Å². The molecule has 1 N–H and O–H groups in total. The Morgan fingerprint density at radius 2 is 2.10 bits per heavy atom. The zero-order valence-electron chi connectivity index (χ0n) is 18.1. The molecule has 3 rings (SSSR count). The van der Waals surface area contributed by atoms with Gasteiger partial charge in [-0.1, -0.05) is 6.92 Å². The van der Waals surface area contributed by atoms with Gasteiger partial charge in [-0.05, 0) is 37.6 Å². The summed E-state index contributed by atoms with van der Waals surface area (Å²) < 4.78 is 5.51. The Bertz CT molecular complexity index is 629. The fourth-order valence-corrected chi connectivity index (χ4v) is 3.86. The molecule has 1 atom stereocenters. The number of pyridine rings is 1. The molecule has 0 aromatic carbocycles. The number of rotatable bonds is 7. The van der Waals surface area contributed by atoms with E-state index >= 15 is 0 Å². The van der Waals surface area contributed by atoms with Gasteiger partial charge in [-0.25, -0.2) is 9.98 Å². The summed E-state index contributed by atoms with van der Waals surface area (Å²) in [6.45, 7) is 14.0. The van der Waals surface area contributed by atoms with Crippen LogP contribution in [-0.4, -0.2) is 86.8 Å². The number of ether oxygens (including phenoxy) is 1. The number of hydrogen-bond donors (Lipinski definition) is 1. The predicted molar refractivity (Wildman–Crippen MR) is 130 cm³/mol. The first-order valence-electron chi connectivity index (χ1n) is 10.7. The zero-order valence-corrected chi connectivity index (χ0v) is 20.5. The van der Waals surface area contributed by atoms with E-state index in [0.717, 1.165) is 77.2 Å². The maximum Gasteiger partial charge on any atom is 0.193 e. The molecule has 2 fully saturated rings. The Morgan fingerprint density at radius 3 is 2.76 bits per heavy atom. The van der Waals surface area contributed by atoms with Crippen molar-refractivity contribution in [1.29, 1.82) is 0 Å². The Labute approximate surface area is 192 Å². The number of likely N-dealkylation sites (N-methyl/N-ethyl adjacent to an activating group) is 1. The van der Waals surface area contributed by atoms with Gasteiger partial charge in [-0.2, -0.15) is 0 Å². The molecule has 2 aliphatic rings. The van der Waals surface area contributed by atoms with Crippen LogP contribution in [0.15, 0.2) is 23.3 Å². The van der Waals surface area contributed by atoms with Gasteiger partial charge in [-0.15, -0.1) is 24.0 Å². The van der Waals surface area contributed by atoms with Gasteiger partial charge in [0.1, 0.15) is 5.82 Å². The van der Waals surface area contributed by atoms with Crippen molar-refractivity contribution in [3.05, 3.63) is 23.9 Å². The molecule has 0 aliphatic carbocycles. The van der Waals surface area contributed by atoms with Crippen molar-refractivity contribution in [2.24, 2.45) is 10.9 Å². The minimum atomic E-state index is 0. The Balaban J connectivity index is 0.00000300. The molecule has 3 heterocycles. The number of halogens is 1. The largest absolute Gasteiger partial charge is 0.381 e. The van der Waals surface area contributed by atoms with Crippen molar-refractivity contribution in [2.75, 3.05) is 71.0 Å². The summed E-state index contributed by atoms with van der Waals surface area (Å²) in [6.07, 6.45) is 3.06. The molecular weight excluding hydrogens is 479 g/mol. The van der Waals surface area contributed by atoms with Gasteiger partial charge in [0.05, 0.1) is 13.2 Å². The van der Waals surface area contributed by atoms with E-state index in [-0.39, 0.29) is 24.0 Å². The van der Waals surface area contributed by atoms with Crippen LogP contribution in [0.3, 0.4) is 0 Å². The van der Waals surface area contributed by atoms with Crippen LogP contribution in [-0.2, 0) is 11.3 Å². The molecule has 2 saturated heterocycles. The molecule has 1 aromatic heterocycles. The minimum absolute atomic E-state index is 0. The monoisotopic (exact) mass is 516 g/mol. The van der Waals surface area contributed by atoms with E-state index in [0.29, 0.717) is 12.5 Å². The number of aliphatic imine (C=N–C) groups is 1. The molecule has 1 unspecified atom stereocenters. The first-order valence-corrected chi connectivity index (χ1v) is 10.7. The molecule has 7 nitrogen and oxygen atoms in total. The second kappa shape index (κ2) is 12.5. The molecule has 2 aliphatic heterocycles. The lowest BCUT2D eigenvalue weighted by atomic mass is 10.1. The maximum atomic E-state index is 5.51. The highest BCUT2D eigenvalue weighted by Gasteiger charge is 2.19. The van der Waals surface area contributed by atoms with Crippen LogP contribution in [0.4, 0.5) is 5.82 Å². The summed E-state index contributed by atoms with van der Waals surface area (Å²) >= 11 is 0. The van der Waals surface area contributed by atoms with E-state index in [1.165, 1.54) is 5.56 Å². The van der Waals surface area contributed by atoms with Crippen molar-refractivity contribution in [1.82, 2.24) is 20.1 Å². The number of piperazine rings is 1. The third-order valence-electron chi connectivity index (χ3n) is 5.62. The van der Waals surface area contributed by atoms with Crippen LogP contribution in [0.1, 0.15) is 25.8 Å². The third-order valence-corrected chi connectivity index (χ3v) is 5.62. The van der Waals surface area contributed by atoms with E-state index in [1.807, 2.05) is 6.20 Å². The van der Waals surface area contributed by atoms with Gasteiger partial charge < -0.3 is 24.8 Å². The third kappa shape index (κ3) is 7.25. The van der Waals surface area contributed by atoms with E-state index in [2.05, 4.69) is 58.0 Å². The predicted octanol–water partition coefficient (Wildman–Crippen LogP) is 2.28. The summed E-state index contributed by atoms with van der Waals surface area (Å²) in [4.78, 5) is 16.6. The first kappa shape index (κ1) is 24.1. The highest BCUT2D eigenvalue weighted by molar-refractivity contribution is 14.0. The van der Waals surface area contributed by atoms with E-state index in [1.54, 1.807) is 0 Å². The summed E-state index contributed by atoms with van der Waals surface area (Å²) in [7, 11) is 2.12. The Kier molecular flexibility index (Phi) is 10.4. The van der Waals surface area contributed by atoms with E-state index < -0.39 is 0 Å². The molecule has 0 saturated carbocycles. The lowest BCUT2D eigenvalue weighted by Crippen LogP contribution is -2.46. The van der Waals surface area contributed by atoms with Gasteiger partial charge in [0.25, 0.3) is 0 Å². The summed E-state index contributed by atoms with van der Waals surface area (Å²) in [5.41, 5.74) is 1.20. The average Bonchev–Trinajstić information content (AvgIpc) is 3.24. The number of nitrogens with one attached hydrogen (secondary N) is 1. The fraction of sp³-hybridized carbons (Fsp3) is 0.714. The Morgan fingerprint density at radius 1 is 1.31 bits per heavy atom. The van der Waals surface area contributed by atoms with Gasteiger partial charge in [0, 0.05) is 65.0 Å². The SMILES string of the molecule is CCNC(=NCc1ccnc(N2CCN(CC)CC2)c1)N(C)CC1CCOC1.I. The molecular formula is C21H37IN6O. The standard InChI is InChI=1S/C21H36N6O.HI/c1-4-22-21(25(3)16-19-7-13-28-17-19)24-15-18-6-8-23-20(14-18)27-11-9-26(5-2)10-12-27;/h6,8,14,19H,4-5,7,9-13,15-17H2,1-3H3,(H,22,24);1H. The Hall–Kier alpha value is -1.13. The summed E-state index contributed by atoms with van der Waals surface area (Å²) in [5.74, 6) is 2.64. The number of nitrogens with zero attached hydrogens (tertiary/aromatic N) is 5. The number of hydrogen-bond acceptors (Lipinski definition) is 5. The minimum Gasteiger partial charge on any atom is -0.381 e. The number of guanidine groups is 1. The van der Waals surface area contributed by atoms with Crippen LogP contribution in [0.2, 0.25) is 0 Å². The maximum absolute atomic E-state index is 5.51. The van der Waals surface area contributed by atoms with Crippen molar-refractivity contribution in [3.63, 3.8) is 0 Å². The lowest BCUT2D eigenvalue weighted by Gasteiger charge is -2.34. The normalized spacial score (nSPS) is 20.4. The molecule has 1 aromatic rings. The molecule has 164 valence electrons. The van der Waals surface area contributed by atoms with E-state index in [4.69, 9.17) is 9.73 Å². The van der Waals surface area contributed by atoms with Gasteiger partial charge >= 0.3 is 0 Å². The van der Waals surface area contributed by atoms with Crippen LogP contribution in [0, 0.1) is 5.92 Å². The van der Waals surface area contributed by atoms with E-state index in [9.17, 15) is 0 Å². The first-order chi connectivity index (χ1) is 13.7. The van der Waals surface area contributed by atoms with Crippen molar-refractivity contribution in [2.45, 2.75) is 26.8 Å². The topological polar surface area (TPSA) is 56.2 Å². The second-order valence-electron chi connectivity index (χ2n) is 7.72. The lowest BCUT2D eigenvalue weighted by molar-refractivity contribution is 0.181. The zero-order chi connectivity index (χ0) is 19.8. The van der Waals surface area contributed by atoms with Crippen LogP contribution in [0.5, 0.6) is 0 Å². The highest BCUT2D eigenvalue weighted by Crippen LogP contribution is 2.16. The van der Waals surface area contributed by atoms with Crippen LogP contribution < -0.4 is 10.2 Å². The van der Waals surface area contributed by atoms with Gasteiger partial charge in [0.2, 0.25) is 0 Å². The molecule has 0 radical (unpaired) electrons. The van der Waals surface area contributed by atoms with Crippen molar-refractivity contribution < 1.29 is 4.74 Å². The molecule has 0 amide bonds. The highest BCUT2D eigenvalue weighted by atomic mass is 127. The summed E-state index contributed by atoms with van der Waals surface area (Å²) in [5, 5.41) is 3.42. The smallest absolute Gasteiger partial charge is 0.193 e.